The van der Waals surface area contributed by atoms with Gasteiger partial charge in [0.1, 0.15) is 11.5 Å². The smallest absolute Gasteiger partial charge is 0.272 e. The largest absolute Gasteiger partial charge is 0.497 e. The van der Waals surface area contributed by atoms with Crippen LogP contribution in [0.4, 0.5) is 5.69 Å². The molecule has 0 radical (unpaired) electrons. The maximum absolute atomic E-state index is 13.2. The molecule has 2 aromatic rings. The van der Waals surface area contributed by atoms with Crippen molar-refractivity contribution in [3.63, 3.8) is 0 Å². The average molecular weight is 385 g/mol. The number of amides is 2. The predicted molar refractivity (Wildman–Crippen MR) is 105 cm³/mol. The van der Waals surface area contributed by atoms with E-state index in [1.807, 2.05) is 18.2 Å². The zero-order valence-electron chi connectivity index (χ0n) is 15.0. The molecule has 6 nitrogen and oxygen atoms in total. The van der Waals surface area contributed by atoms with Crippen LogP contribution in [0.3, 0.4) is 0 Å². The number of hydrogen-bond acceptors (Lipinski definition) is 6. The number of benzene rings is 2. The lowest BCUT2D eigenvalue weighted by Crippen LogP contribution is -2.31. The highest BCUT2D eigenvalue weighted by molar-refractivity contribution is 8.04. The molecule has 7 heteroatoms. The Morgan fingerprint density at radius 1 is 1.00 bits per heavy atom. The Balaban J connectivity index is 2.11. The van der Waals surface area contributed by atoms with Gasteiger partial charge >= 0.3 is 0 Å². The summed E-state index contributed by atoms with van der Waals surface area (Å²) in [5, 5.41) is 9.18. The molecule has 3 rings (SSSR count). The lowest BCUT2D eigenvalue weighted by molar-refractivity contribution is -0.119. The van der Waals surface area contributed by atoms with Crippen molar-refractivity contribution in [2.45, 2.75) is 0 Å². The number of thioether (sulfide) groups is 1. The van der Waals surface area contributed by atoms with E-state index in [-0.39, 0.29) is 6.61 Å². The van der Waals surface area contributed by atoms with Gasteiger partial charge in [0, 0.05) is 11.8 Å². The van der Waals surface area contributed by atoms with Crippen LogP contribution < -0.4 is 14.4 Å². The first-order chi connectivity index (χ1) is 13.1. The van der Waals surface area contributed by atoms with Gasteiger partial charge in [0.2, 0.25) is 0 Å². The van der Waals surface area contributed by atoms with Gasteiger partial charge in [-0.15, -0.1) is 11.8 Å². The molecule has 1 heterocycles. The van der Waals surface area contributed by atoms with Crippen LogP contribution in [0.15, 0.2) is 53.4 Å². The summed E-state index contributed by atoms with van der Waals surface area (Å²) >= 11 is 1.17. The standard InChI is InChI=1S/C20H19NO5S/c1-25-14-8-9-16(26-2)15(12-14)21-19(23)17(13-6-4-3-5-7-13)18(20(21)24)27-11-10-22/h3-9,12,22H,10-11H2,1-2H3. The number of nitrogens with zero attached hydrogens (tertiary/aromatic N) is 1. The van der Waals surface area contributed by atoms with E-state index in [0.717, 1.165) is 4.90 Å². The Hall–Kier alpha value is -2.77. The molecule has 0 fully saturated rings. The van der Waals surface area contributed by atoms with Crippen LogP contribution in [0.25, 0.3) is 5.57 Å². The molecule has 0 atom stereocenters. The van der Waals surface area contributed by atoms with E-state index in [2.05, 4.69) is 0 Å². The molecule has 0 spiro atoms. The van der Waals surface area contributed by atoms with Crippen LogP contribution in [-0.4, -0.2) is 43.5 Å². The van der Waals surface area contributed by atoms with E-state index in [1.165, 1.54) is 26.0 Å². The van der Waals surface area contributed by atoms with Crippen molar-refractivity contribution in [2.24, 2.45) is 0 Å². The van der Waals surface area contributed by atoms with E-state index < -0.39 is 11.8 Å². The van der Waals surface area contributed by atoms with E-state index in [4.69, 9.17) is 9.47 Å². The molecular weight excluding hydrogens is 366 g/mol. The minimum absolute atomic E-state index is 0.0970. The third kappa shape index (κ3) is 3.56. The number of carbonyl (C=O) groups is 2. The van der Waals surface area contributed by atoms with Gasteiger partial charge in [-0.3, -0.25) is 9.59 Å². The summed E-state index contributed by atoms with van der Waals surface area (Å²) in [5.74, 6) is 0.331. The first-order valence-corrected chi connectivity index (χ1v) is 9.25. The number of anilines is 1. The Morgan fingerprint density at radius 3 is 2.37 bits per heavy atom. The molecule has 0 aliphatic carbocycles. The first-order valence-electron chi connectivity index (χ1n) is 8.26. The number of aliphatic hydroxyl groups excluding tert-OH is 1. The van der Waals surface area contributed by atoms with Gasteiger partial charge in [0.15, 0.2) is 0 Å². The second-order valence-corrected chi connectivity index (χ2v) is 6.73. The van der Waals surface area contributed by atoms with Crippen molar-refractivity contribution < 1.29 is 24.2 Å². The molecular formula is C20H19NO5S. The number of hydrogen-bond donors (Lipinski definition) is 1. The number of imide groups is 1. The fraction of sp³-hybridized carbons (Fsp3) is 0.200. The second-order valence-electron chi connectivity index (χ2n) is 5.63. The number of methoxy groups -OCH3 is 2. The Kier molecular flexibility index (Phi) is 5.83. The van der Waals surface area contributed by atoms with E-state index >= 15 is 0 Å². The van der Waals surface area contributed by atoms with Crippen molar-refractivity contribution in [1.82, 2.24) is 0 Å². The number of rotatable bonds is 7. The maximum Gasteiger partial charge on any atom is 0.272 e. The third-order valence-corrected chi connectivity index (χ3v) is 5.12. The molecule has 1 aliphatic rings. The highest BCUT2D eigenvalue weighted by Crippen LogP contribution is 2.42. The summed E-state index contributed by atoms with van der Waals surface area (Å²) < 4.78 is 10.6. The summed E-state index contributed by atoms with van der Waals surface area (Å²) in [4.78, 5) is 27.8. The molecule has 1 N–H and O–H groups in total. The molecule has 2 aromatic carbocycles. The normalized spacial score (nSPS) is 14.1. The SMILES string of the molecule is COc1ccc(OC)c(N2C(=O)C(SCCO)=C(c3ccccc3)C2=O)c1. The molecule has 0 saturated heterocycles. The van der Waals surface area contributed by atoms with Crippen LogP contribution in [-0.2, 0) is 9.59 Å². The van der Waals surface area contributed by atoms with Gasteiger partial charge in [-0.1, -0.05) is 30.3 Å². The maximum atomic E-state index is 13.2. The lowest BCUT2D eigenvalue weighted by Gasteiger charge is -2.19. The summed E-state index contributed by atoms with van der Waals surface area (Å²) in [5.41, 5.74) is 1.30. The Morgan fingerprint density at radius 2 is 1.74 bits per heavy atom. The molecule has 140 valence electrons. The van der Waals surface area contributed by atoms with E-state index in [9.17, 15) is 14.7 Å². The monoisotopic (exact) mass is 385 g/mol. The summed E-state index contributed by atoms with van der Waals surface area (Å²) in [6.45, 7) is -0.0970. The highest BCUT2D eigenvalue weighted by atomic mass is 32.2. The molecule has 2 amide bonds. The van der Waals surface area contributed by atoms with Crippen LogP contribution >= 0.6 is 11.8 Å². The van der Waals surface area contributed by atoms with Crippen molar-refractivity contribution in [3.05, 3.63) is 59.0 Å². The third-order valence-electron chi connectivity index (χ3n) is 4.07. The molecule has 0 unspecified atom stereocenters. The molecule has 27 heavy (non-hydrogen) atoms. The van der Waals surface area contributed by atoms with Gasteiger partial charge < -0.3 is 14.6 Å². The molecule has 0 aromatic heterocycles. The van der Waals surface area contributed by atoms with E-state index in [1.54, 1.807) is 30.3 Å². The van der Waals surface area contributed by atoms with Crippen molar-refractivity contribution in [3.8, 4) is 11.5 Å². The highest BCUT2D eigenvalue weighted by Gasteiger charge is 2.41. The number of carbonyl (C=O) groups excluding carboxylic acids is 2. The minimum atomic E-state index is -0.441. The van der Waals surface area contributed by atoms with Crippen molar-refractivity contribution in [2.75, 3.05) is 31.5 Å². The zero-order valence-corrected chi connectivity index (χ0v) is 15.8. The van der Waals surface area contributed by atoms with Crippen LogP contribution in [0.2, 0.25) is 0 Å². The Labute approximate surface area is 161 Å². The summed E-state index contributed by atoms with van der Waals surface area (Å²) in [7, 11) is 2.98. The first kappa shape index (κ1) is 19.0. The van der Waals surface area contributed by atoms with Crippen molar-refractivity contribution in [1.29, 1.82) is 0 Å². The topological polar surface area (TPSA) is 76.1 Å². The average Bonchev–Trinajstić information content (AvgIpc) is 2.95. The fourth-order valence-corrected chi connectivity index (χ4v) is 3.70. The zero-order chi connectivity index (χ0) is 19.4. The van der Waals surface area contributed by atoms with E-state index in [0.29, 0.717) is 39.0 Å². The Bertz CT molecular complexity index is 895. The lowest BCUT2D eigenvalue weighted by atomic mass is 10.1. The summed E-state index contributed by atoms with van der Waals surface area (Å²) in [6.07, 6.45) is 0. The summed E-state index contributed by atoms with van der Waals surface area (Å²) in [6, 6.07) is 14.0. The number of aliphatic hydroxyl groups is 1. The molecule has 0 bridgehead atoms. The van der Waals surface area contributed by atoms with Crippen LogP contribution in [0.5, 0.6) is 11.5 Å². The molecule has 0 saturated carbocycles. The fourth-order valence-electron chi connectivity index (χ4n) is 2.84. The van der Waals surface area contributed by atoms with Gasteiger partial charge in [0.25, 0.3) is 11.8 Å². The van der Waals surface area contributed by atoms with Gasteiger partial charge in [-0.05, 0) is 17.7 Å². The van der Waals surface area contributed by atoms with Crippen LogP contribution in [0.1, 0.15) is 5.56 Å². The second kappa shape index (κ2) is 8.28. The van der Waals surface area contributed by atoms with Crippen LogP contribution in [0, 0.1) is 0 Å². The van der Waals surface area contributed by atoms with Crippen molar-refractivity contribution >= 4 is 34.8 Å². The van der Waals surface area contributed by atoms with Gasteiger partial charge in [-0.25, -0.2) is 4.90 Å². The predicted octanol–water partition coefficient (Wildman–Crippen LogP) is 2.71. The molecule has 1 aliphatic heterocycles. The minimum Gasteiger partial charge on any atom is -0.497 e. The number of ether oxygens (including phenoxy) is 2. The van der Waals surface area contributed by atoms with Gasteiger partial charge in [-0.2, -0.15) is 0 Å². The quantitative estimate of drug-likeness (QED) is 0.739. The van der Waals surface area contributed by atoms with Gasteiger partial charge in [0.05, 0.1) is 37.0 Å².